The van der Waals surface area contributed by atoms with Crippen LogP contribution in [0.15, 0.2) is 60.7 Å². The van der Waals surface area contributed by atoms with Gasteiger partial charge in [-0.2, -0.15) is 1.33 Å². The molecule has 31 heavy (non-hydrogen) atoms. The molecule has 2 aromatic carbocycles. The minimum absolute atomic E-state index is 0.593. The van der Waals surface area contributed by atoms with E-state index in [9.17, 15) is 0 Å². The van der Waals surface area contributed by atoms with Gasteiger partial charge in [-0.3, -0.25) is 0 Å². The van der Waals surface area contributed by atoms with E-state index in [0.717, 1.165) is 28.5 Å². The third-order valence-corrected chi connectivity index (χ3v) is 9.41. The Morgan fingerprint density at radius 3 is 2.00 bits per heavy atom. The van der Waals surface area contributed by atoms with E-state index in [1.165, 1.54) is 49.7 Å². The van der Waals surface area contributed by atoms with Crippen molar-refractivity contribution >= 4 is 45.7 Å². The molecule has 0 amide bonds. The summed E-state index contributed by atoms with van der Waals surface area (Å²) >= 11 is 7.20. The van der Waals surface area contributed by atoms with Crippen LogP contribution in [-0.4, -0.2) is 21.6 Å². The number of nitrogens with one attached hydrogen (secondary N) is 1. The van der Waals surface area contributed by atoms with Crippen LogP contribution in [0, 0.1) is 9.72 Å². The monoisotopic (exact) mass is 821 g/mol. The average Bonchev–Trinajstić information content (AvgIpc) is 3.15. The van der Waals surface area contributed by atoms with Crippen LogP contribution >= 0.6 is 45.7 Å². The molecule has 0 radical (unpaired) electrons. The molecule has 1 heterocycles. The van der Waals surface area contributed by atoms with E-state index in [1.807, 2.05) is 16.8 Å². The Labute approximate surface area is 223 Å². The first-order valence-electron chi connectivity index (χ1n) is 10.9. The summed E-state index contributed by atoms with van der Waals surface area (Å²) in [4.78, 5) is 3.35. The van der Waals surface area contributed by atoms with Gasteiger partial charge in [0.25, 0.3) is 0 Å². The molecule has 168 valence electrons. The van der Waals surface area contributed by atoms with Crippen molar-refractivity contribution in [3.05, 3.63) is 81.4 Å². The van der Waals surface area contributed by atoms with Crippen LogP contribution in [0.1, 0.15) is 55.5 Å². The number of rotatable bonds is 5. The first kappa shape index (κ1) is 23.8. The van der Waals surface area contributed by atoms with Crippen molar-refractivity contribution in [2.24, 2.45) is 5.92 Å². The molecule has 1 N–H and O–H groups in total. The molecule has 3 aliphatic rings. The number of aromatic nitrogens is 3. The summed E-state index contributed by atoms with van der Waals surface area (Å²) in [5.41, 5.74) is 3.12. The fourth-order valence-corrected chi connectivity index (χ4v) is 6.66. The topological polar surface area (TPSA) is 36.9 Å². The Hall–Kier alpha value is -0.312. The van der Waals surface area contributed by atoms with Gasteiger partial charge in [-0.15, -0.1) is 0 Å². The number of aromatic amines is 1. The van der Waals surface area contributed by atoms with Crippen LogP contribution < -0.4 is 0 Å². The van der Waals surface area contributed by atoms with E-state index in [-0.39, 0.29) is 0 Å². The van der Waals surface area contributed by atoms with E-state index in [4.69, 9.17) is 0 Å². The van der Waals surface area contributed by atoms with Gasteiger partial charge in [-0.25, -0.2) is 0 Å². The fourth-order valence-electron chi connectivity index (χ4n) is 4.59. The van der Waals surface area contributed by atoms with Gasteiger partial charge >= 0.3 is 129 Å². The summed E-state index contributed by atoms with van der Waals surface area (Å²) in [6.07, 6.45) is 9.64. The SMILES string of the molecule is IN(I)C12CCC(CC1)CC2.[Pt]=[c]1[nH]c(Cc2ccccc2)nn1Cc1ccccc1. The Kier molecular flexibility index (Phi) is 8.62. The van der Waals surface area contributed by atoms with Gasteiger partial charge < -0.3 is 0 Å². The Balaban J connectivity index is 0.000000177. The second-order valence-electron chi connectivity index (χ2n) is 8.58. The predicted molar refractivity (Wildman–Crippen MR) is 138 cm³/mol. The number of hydrogen-bond donors (Lipinski definition) is 1. The molecule has 3 fully saturated rings. The van der Waals surface area contributed by atoms with Crippen molar-refractivity contribution in [1.82, 2.24) is 16.1 Å². The van der Waals surface area contributed by atoms with Crippen LogP contribution in [0.5, 0.6) is 0 Å². The predicted octanol–water partition coefficient (Wildman–Crippen LogP) is 6.64. The standard InChI is InChI=1S/C16H15N3.C8H13I2N.Pt/c1-3-7-14(8-4-1)11-16-17-13-19(18-16)12-15-9-5-2-6-10-15;9-11(10)8-4-1-7(2-5-8)3-6-8;/h1-10H,11-12H2,(H,17,18);7H,1-6H2;. The van der Waals surface area contributed by atoms with Crippen molar-refractivity contribution in [1.29, 1.82) is 0 Å². The number of nitrogens with zero attached hydrogens (tertiary/aromatic N) is 3. The molecule has 0 saturated heterocycles. The Morgan fingerprint density at radius 2 is 1.48 bits per heavy atom. The number of halogens is 2. The van der Waals surface area contributed by atoms with E-state index in [1.54, 1.807) is 0 Å². The van der Waals surface area contributed by atoms with Crippen molar-refractivity contribution in [2.75, 3.05) is 0 Å². The molecule has 3 aromatic rings. The van der Waals surface area contributed by atoms with Crippen molar-refractivity contribution < 1.29 is 19.4 Å². The molecule has 2 bridgehead atoms. The summed E-state index contributed by atoms with van der Waals surface area (Å²) in [5, 5.41) is 4.65. The number of fused-ring (bicyclic) bond motifs is 3. The number of hydrogen-bond acceptors (Lipinski definition) is 2. The van der Waals surface area contributed by atoms with Gasteiger partial charge in [0.15, 0.2) is 0 Å². The van der Waals surface area contributed by atoms with Crippen LogP contribution in [-0.2, 0) is 32.3 Å². The van der Waals surface area contributed by atoms with Crippen LogP contribution in [0.4, 0.5) is 0 Å². The molecule has 0 aliphatic heterocycles. The summed E-state index contributed by atoms with van der Waals surface area (Å²) in [5.74, 6) is 2.08. The normalized spacial score (nSPS) is 22.3. The molecule has 3 aliphatic carbocycles. The van der Waals surface area contributed by atoms with Gasteiger partial charge in [-0.05, 0) is 44.4 Å². The molecule has 7 heteroatoms. The molecule has 1 aromatic heterocycles. The second kappa shape index (κ2) is 11.2. The molecular weight excluding hydrogens is 793 g/mol. The van der Waals surface area contributed by atoms with Crippen LogP contribution in [0.2, 0.25) is 0 Å². The van der Waals surface area contributed by atoms with Crippen LogP contribution in [0.3, 0.4) is 0 Å². The number of benzene rings is 2. The summed E-state index contributed by atoms with van der Waals surface area (Å²) in [6.45, 7) is 0.797. The maximum absolute atomic E-state index is 4.65. The Morgan fingerprint density at radius 1 is 0.935 bits per heavy atom. The van der Waals surface area contributed by atoms with Crippen molar-refractivity contribution in [3.63, 3.8) is 0 Å². The molecule has 0 atom stereocenters. The number of H-pyrrole nitrogens is 1. The maximum atomic E-state index is 4.65. The minimum atomic E-state index is 0.593. The molecule has 0 unspecified atom stereocenters. The Bertz CT molecular complexity index is 995. The zero-order valence-corrected chi connectivity index (χ0v) is 24.0. The van der Waals surface area contributed by atoms with Gasteiger partial charge in [-0.1, -0.05) is 0 Å². The van der Waals surface area contributed by atoms with E-state index in [0.29, 0.717) is 5.54 Å². The van der Waals surface area contributed by atoms with Gasteiger partial charge in [0.1, 0.15) is 0 Å². The summed E-state index contributed by atoms with van der Waals surface area (Å²) in [6, 6.07) is 20.8. The summed E-state index contributed by atoms with van der Waals surface area (Å²) in [7, 11) is 0. The molecule has 6 rings (SSSR count). The third-order valence-electron chi connectivity index (χ3n) is 6.49. The molecule has 4 nitrogen and oxygen atoms in total. The van der Waals surface area contributed by atoms with Crippen molar-refractivity contribution in [2.45, 2.75) is 57.0 Å². The summed E-state index contributed by atoms with van der Waals surface area (Å²) < 4.78 is 5.48. The molecule has 3 saturated carbocycles. The van der Waals surface area contributed by atoms with E-state index >= 15 is 0 Å². The zero-order chi connectivity index (χ0) is 21.7. The molecular formula is C24H28I2N4Pt. The first-order valence-corrected chi connectivity index (χ1v) is 13.9. The van der Waals surface area contributed by atoms with E-state index in [2.05, 4.69) is 125 Å². The second-order valence-corrected chi connectivity index (χ2v) is 13.4. The van der Waals surface area contributed by atoms with Gasteiger partial charge in [0.2, 0.25) is 0 Å². The zero-order valence-electron chi connectivity index (χ0n) is 17.4. The first-order chi connectivity index (χ1) is 15.0. The van der Waals surface area contributed by atoms with Gasteiger partial charge in [0.05, 0.1) is 0 Å². The third kappa shape index (κ3) is 6.39. The van der Waals surface area contributed by atoms with Gasteiger partial charge in [0, 0.05) is 51.3 Å². The quantitative estimate of drug-likeness (QED) is 0.232. The van der Waals surface area contributed by atoms with E-state index < -0.39 is 0 Å². The fraction of sp³-hybridized carbons (Fsp3) is 0.417. The average molecular weight is 821 g/mol. The molecule has 0 spiro atoms. The van der Waals surface area contributed by atoms with Crippen LogP contribution in [0.25, 0.3) is 0 Å². The van der Waals surface area contributed by atoms with Crippen molar-refractivity contribution in [3.8, 4) is 0 Å².